The van der Waals surface area contributed by atoms with Crippen molar-refractivity contribution in [2.24, 2.45) is 0 Å². The third-order valence-electron chi connectivity index (χ3n) is 6.15. The molecule has 1 atom stereocenters. The second-order valence-electron chi connectivity index (χ2n) is 8.50. The highest BCUT2D eigenvalue weighted by atomic mass is 16.5. The van der Waals surface area contributed by atoms with Gasteiger partial charge < -0.3 is 23.8 Å². The van der Waals surface area contributed by atoms with E-state index < -0.39 is 0 Å². The molecule has 2 aromatic heterocycles. The van der Waals surface area contributed by atoms with Crippen molar-refractivity contribution in [2.45, 2.75) is 39.3 Å². The Hall–Kier alpha value is -3.65. The van der Waals surface area contributed by atoms with Gasteiger partial charge in [-0.3, -0.25) is 9.59 Å². The van der Waals surface area contributed by atoms with Crippen molar-refractivity contribution in [2.75, 3.05) is 19.8 Å². The van der Waals surface area contributed by atoms with E-state index in [1.807, 2.05) is 38.1 Å². The molecule has 0 aliphatic carbocycles. The number of para-hydroxylation sites is 1. The molecule has 5 rings (SSSR count). The number of furan rings is 1. The van der Waals surface area contributed by atoms with Crippen molar-refractivity contribution in [3.8, 4) is 5.75 Å². The summed E-state index contributed by atoms with van der Waals surface area (Å²) in [6.45, 7) is 5.56. The molecule has 1 amide bonds. The van der Waals surface area contributed by atoms with Gasteiger partial charge in [-0.1, -0.05) is 12.1 Å². The van der Waals surface area contributed by atoms with Gasteiger partial charge in [0, 0.05) is 24.1 Å². The molecule has 3 heterocycles. The minimum atomic E-state index is -0.266. The molecule has 176 valence electrons. The Labute approximate surface area is 196 Å². The topological polar surface area (TPSA) is 97.7 Å². The van der Waals surface area contributed by atoms with Gasteiger partial charge in [-0.2, -0.15) is 0 Å². The number of aryl methyl sites for hydroxylation is 1. The number of H-pyrrole nitrogens is 1. The van der Waals surface area contributed by atoms with Crippen LogP contribution in [0.5, 0.6) is 5.75 Å². The number of carbonyl (C=O) groups is 1. The predicted octanol–water partition coefficient (Wildman–Crippen LogP) is 4.20. The Morgan fingerprint density at radius 3 is 2.88 bits per heavy atom. The molecule has 1 aliphatic heterocycles. The number of nitrogens with zero attached hydrogens (tertiary/aromatic N) is 2. The molecule has 0 radical (unpaired) electrons. The number of fused-ring (bicyclic) bond motifs is 2. The van der Waals surface area contributed by atoms with Crippen molar-refractivity contribution < 1.29 is 18.7 Å². The number of ether oxygens (including phenoxy) is 2. The van der Waals surface area contributed by atoms with E-state index in [2.05, 4.69) is 9.97 Å². The van der Waals surface area contributed by atoms with Crippen LogP contribution in [-0.2, 0) is 11.3 Å². The highest BCUT2D eigenvalue weighted by Crippen LogP contribution is 2.30. The second kappa shape index (κ2) is 9.30. The molecule has 0 spiro atoms. The molecule has 8 nitrogen and oxygen atoms in total. The summed E-state index contributed by atoms with van der Waals surface area (Å²) in [5, 5.41) is 1.35. The van der Waals surface area contributed by atoms with Crippen LogP contribution in [0.15, 0.2) is 51.7 Å². The first-order chi connectivity index (χ1) is 16.5. The Morgan fingerprint density at radius 1 is 1.24 bits per heavy atom. The monoisotopic (exact) mass is 461 g/mol. The number of aromatic amines is 1. The van der Waals surface area contributed by atoms with Crippen LogP contribution < -0.4 is 10.3 Å². The van der Waals surface area contributed by atoms with E-state index >= 15 is 0 Å². The molecule has 0 saturated carbocycles. The van der Waals surface area contributed by atoms with Crippen molar-refractivity contribution in [1.29, 1.82) is 0 Å². The number of carbonyl (C=O) groups excluding carboxylic acids is 1. The summed E-state index contributed by atoms with van der Waals surface area (Å²) in [7, 11) is 0. The predicted molar refractivity (Wildman–Crippen MR) is 128 cm³/mol. The maximum Gasteiger partial charge on any atom is 0.290 e. The van der Waals surface area contributed by atoms with E-state index in [-0.39, 0.29) is 29.9 Å². The van der Waals surface area contributed by atoms with Crippen molar-refractivity contribution in [1.82, 2.24) is 14.9 Å². The zero-order valence-corrected chi connectivity index (χ0v) is 19.3. The number of hydrogen-bond donors (Lipinski definition) is 1. The summed E-state index contributed by atoms with van der Waals surface area (Å²) >= 11 is 0. The maximum absolute atomic E-state index is 13.7. The fraction of sp³-hybridized carbons (Fsp3) is 0.346. The van der Waals surface area contributed by atoms with Crippen LogP contribution in [0.4, 0.5) is 0 Å². The Balaban J connectivity index is 1.50. The molecular weight excluding hydrogens is 434 g/mol. The van der Waals surface area contributed by atoms with Crippen LogP contribution in [0.1, 0.15) is 41.7 Å². The molecule has 1 N–H and O–H groups in total. The first-order valence-electron chi connectivity index (χ1n) is 11.6. The van der Waals surface area contributed by atoms with E-state index in [4.69, 9.17) is 13.9 Å². The molecule has 34 heavy (non-hydrogen) atoms. The van der Waals surface area contributed by atoms with E-state index in [9.17, 15) is 9.59 Å². The minimum absolute atomic E-state index is 0.0645. The van der Waals surface area contributed by atoms with E-state index in [0.29, 0.717) is 42.1 Å². The highest BCUT2D eigenvalue weighted by Gasteiger charge is 2.28. The van der Waals surface area contributed by atoms with Crippen LogP contribution >= 0.6 is 0 Å². The lowest BCUT2D eigenvalue weighted by Crippen LogP contribution is -2.38. The number of benzene rings is 2. The third-order valence-corrected chi connectivity index (χ3v) is 6.15. The molecule has 1 fully saturated rings. The minimum Gasteiger partial charge on any atom is -0.494 e. The number of nitrogens with one attached hydrogen (secondary N) is 1. The second-order valence-corrected chi connectivity index (χ2v) is 8.50. The van der Waals surface area contributed by atoms with Crippen LogP contribution in [0.3, 0.4) is 0 Å². The van der Waals surface area contributed by atoms with Gasteiger partial charge in [-0.25, -0.2) is 4.98 Å². The van der Waals surface area contributed by atoms with Crippen LogP contribution in [0.2, 0.25) is 0 Å². The summed E-state index contributed by atoms with van der Waals surface area (Å²) in [5.41, 5.74) is 1.74. The highest BCUT2D eigenvalue weighted by molar-refractivity contribution is 5.99. The first-order valence-corrected chi connectivity index (χ1v) is 11.6. The zero-order valence-electron chi connectivity index (χ0n) is 19.3. The van der Waals surface area contributed by atoms with Crippen LogP contribution in [0, 0.1) is 6.92 Å². The third kappa shape index (κ3) is 4.28. The number of amides is 1. The Kier molecular flexibility index (Phi) is 6.06. The van der Waals surface area contributed by atoms with Gasteiger partial charge in [0.25, 0.3) is 11.5 Å². The van der Waals surface area contributed by atoms with Crippen molar-refractivity contribution in [3.63, 3.8) is 0 Å². The summed E-state index contributed by atoms with van der Waals surface area (Å²) < 4.78 is 17.4. The van der Waals surface area contributed by atoms with Gasteiger partial charge in [0.1, 0.15) is 17.2 Å². The lowest BCUT2D eigenvalue weighted by molar-refractivity contribution is 0.0479. The standard InChI is InChI=1S/C26H27N3O5/c1-3-32-17-10-11-22-20(13-17)16(2)24(34-22)26(31)29(14-18-7-6-12-33-18)15-23-27-21-9-5-4-8-19(21)25(30)28-23/h4-5,8-11,13,18H,3,6-7,12,14-15H2,1-2H3,(H,27,28,30). The molecule has 1 aliphatic rings. The first kappa shape index (κ1) is 22.2. The smallest absolute Gasteiger partial charge is 0.290 e. The molecule has 0 bridgehead atoms. The van der Waals surface area contributed by atoms with Crippen molar-refractivity contribution >= 4 is 27.8 Å². The Bertz CT molecular complexity index is 1400. The van der Waals surface area contributed by atoms with Gasteiger partial charge in [-0.15, -0.1) is 0 Å². The maximum atomic E-state index is 13.7. The summed E-state index contributed by atoms with van der Waals surface area (Å²) in [6.07, 6.45) is 1.77. The fourth-order valence-corrected chi connectivity index (χ4v) is 4.45. The summed E-state index contributed by atoms with van der Waals surface area (Å²) in [4.78, 5) is 35.3. The van der Waals surface area contributed by atoms with Gasteiger partial charge in [-0.05, 0) is 57.0 Å². The lowest BCUT2D eigenvalue weighted by Gasteiger charge is -2.24. The SMILES string of the molecule is CCOc1ccc2oc(C(=O)N(Cc3nc4ccccc4c(=O)[nH]3)CC3CCCO3)c(C)c2c1. The summed E-state index contributed by atoms with van der Waals surface area (Å²) in [5.74, 6) is 1.15. The molecule has 2 aromatic carbocycles. The molecule has 1 saturated heterocycles. The zero-order chi connectivity index (χ0) is 23.7. The van der Waals surface area contributed by atoms with Gasteiger partial charge in [0.05, 0.1) is 30.2 Å². The average Bonchev–Trinajstić information content (AvgIpc) is 3.46. The number of aromatic nitrogens is 2. The number of rotatable bonds is 7. The average molecular weight is 462 g/mol. The van der Waals surface area contributed by atoms with Crippen LogP contribution in [0.25, 0.3) is 21.9 Å². The van der Waals surface area contributed by atoms with E-state index in [0.717, 1.165) is 29.5 Å². The number of hydrogen-bond acceptors (Lipinski definition) is 6. The molecular formula is C26H27N3O5. The van der Waals surface area contributed by atoms with E-state index in [1.165, 1.54) is 0 Å². The van der Waals surface area contributed by atoms with Gasteiger partial charge in [0.2, 0.25) is 0 Å². The van der Waals surface area contributed by atoms with Gasteiger partial charge in [0.15, 0.2) is 5.76 Å². The molecule has 8 heteroatoms. The van der Waals surface area contributed by atoms with Crippen molar-refractivity contribution in [3.05, 3.63) is 70.0 Å². The quantitative estimate of drug-likeness (QED) is 0.443. The van der Waals surface area contributed by atoms with Gasteiger partial charge >= 0.3 is 0 Å². The fourth-order valence-electron chi connectivity index (χ4n) is 4.45. The lowest BCUT2D eigenvalue weighted by atomic mass is 10.1. The van der Waals surface area contributed by atoms with Crippen LogP contribution in [-0.4, -0.2) is 46.6 Å². The normalized spacial score (nSPS) is 15.8. The molecule has 4 aromatic rings. The van der Waals surface area contributed by atoms with E-state index in [1.54, 1.807) is 23.1 Å². The molecule has 1 unspecified atom stereocenters. The largest absolute Gasteiger partial charge is 0.494 e. The summed E-state index contributed by atoms with van der Waals surface area (Å²) in [6, 6.07) is 12.7. The Morgan fingerprint density at radius 2 is 2.09 bits per heavy atom.